The van der Waals surface area contributed by atoms with Crippen molar-refractivity contribution in [3.05, 3.63) is 54.6 Å². The highest BCUT2D eigenvalue weighted by atomic mass is 32.1. The van der Waals surface area contributed by atoms with Gasteiger partial charge in [-0.3, -0.25) is 14.5 Å². The molecule has 1 saturated heterocycles. The second kappa shape index (κ2) is 7.75. The molecular weight excluding hydrogens is 362 g/mol. The zero-order valence-corrected chi connectivity index (χ0v) is 15.5. The molecule has 138 valence electrons. The van der Waals surface area contributed by atoms with Crippen LogP contribution in [0.4, 0.5) is 5.13 Å². The smallest absolute Gasteiger partial charge is 0.268 e. The van der Waals surface area contributed by atoms with Crippen molar-refractivity contribution in [1.82, 2.24) is 9.88 Å². The van der Waals surface area contributed by atoms with Crippen LogP contribution in [-0.2, 0) is 9.59 Å². The van der Waals surface area contributed by atoms with Gasteiger partial charge >= 0.3 is 0 Å². The molecule has 0 atom stereocenters. The van der Waals surface area contributed by atoms with Gasteiger partial charge in [-0.15, -0.1) is 0 Å². The molecule has 4 rings (SSSR count). The summed E-state index contributed by atoms with van der Waals surface area (Å²) in [6.45, 7) is 0.755. The molecule has 6 nitrogen and oxygen atoms in total. The number of nitrogens with zero attached hydrogens (tertiary/aromatic N) is 3. The normalized spacial score (nSPS) is 13.9. The number of likely N-dealkylation sites (tertiary alicyclic amines) is 1. The van der Waals surface area contributed by atoms with Gasteiger partial charge in [0, 0.05) is 13.0 Å². The minimum atomic E-state index is -0.224. The summed E-state index contributed by atoms with van der Waals surface area (Å²) in [6, 6.07) is 17.0. The maximum absolute atomic E-state index is 12.9. The Morgan fingerprint density at radius 1 is 1.15 bits per heavy atom. The second-order valence-corrected chi connectivity index (χ2v) is 7.30. The van der Waals surface area contributed by atoms with Gasteiger partial charge in [0.1, 0.15) is 12.4 Å². The first-order valence-corrected chi connectivity index (χ1v) is 9.64. The van der Waals surface area contributed by atoms with Crippen LogP contribution in [0.25, 0.3) is 10.2 Å². The molecule has 0 spiro atoms. The predicted octanol–water partition coefficient (Wildman–Crippen LogP) is 3.29. The molecule has 2 amide bonds. The van der Waals surface area contributed by atoms with Gasteiger partial charge in [0.2, 0.25) is 5.91 Å². The maximum Gasteiger partial charge on any atom is 0.268 e. The number of hydrogen-bond acceptors (Lipinski definition) is 5. The van der Waals surface area contributed by atoms with Crippen LogP contribution in [0, 0.1) is 0 Å². The molecular formula is C20H19N3O3S. The van der Waals surface area contributed by atoms with E-state index >= 15 is 0 Å². The number of fused-ring (bicyclic) bond motifs is 1. The highest BCUT2D eigenvalue weighted by Crippen LogP contribution is 2.29. The third-order valence-electron chi connectivity index (χ3n) is 4.40. The molecule has 27 heavy (non-hydrogen) atoms. The summed E-state index contributed by atoms with van der Waals surface area (Å²) in [5.41, 5.74) is 0.840. The van der Waals surface area contributed by atoms with Crippen LogP contribution >= 0.6 is 11.3 Å². The van der Waals surface area contributed by atoms with Crippen molar-refractivity contribution in [2.75, 3.05) is 24.7 Å². The number of para-hydroxylation sites is 2. The summed E-state index contributed by atoms with van der Waals surface area (Å²) in [6.07, 6.45) is 1.35. The largest absolute Gasteiger partial charge is 0.484 e. The third kappa shape index (κ3) is 3.93. The van der Waals surface area contributed by atoms with Gasteiger partial charge in [0.25, 0.3) is 5.91 Å². The Morgan fingerprint density at radius 3 is 2.67 bits per heavy atom. The van der Waals surface area contributed by atoms with Crippen molar-refractivity contribution in [3.8, 4) is 5.75 Å². The van der Waals surface area contributed by atoms with Crippen molar-refractivity contribution in [2.24, 2.45) is 0 Å². The summed E-state index contributed by atoms with van der Waals surface area (Å²) in [5, 5.41) is 0.581. The fraction of sp³-hybridized carbons (Fsp3) is 0.250. The van der Waals surface area contributed by atoms with Gasteiger partial charge < -0.3 is 9.64 Å². The van der Waals surface area contributed by atoms with Gasteiger partial charge in [0.05, 0.1) is 10.2 Å². The van der Waals surface area contributed by atoms with Gasteiger partial charge in [-0.2, -0.15) is 0 Å². The lowest BCUT2D eigenvalue weighted by atomic mass is 10.3. The number of hydrogen-bond donors (Lipinski definition) is 0. The average molecular weight is 381 g/mol. The molecule has 2 aromatic carbocycles. The second-order valence-electron chi connectivity index (χ2n) is 6.29. The van der Waals surface area contributed by atoms with Gasteiger partial charge in [-0.05, 0) is 30.7 Å². The Morgan fingerprint density at radius 2 is 1.93 bits per heavy atom. The Bertz CT molecular complexity index is 924. The zero-order valence-electron chi connectivity index (χ0n) is 14.7. The van der Waals surface area contributed by atoms with E-state index in [4.69, 9.17) is 4.74 Å². The molecule has 1 fully saturated rings. The fourth-order valence-corrected chi connectivity index (χ4v) is 3.96. The first-order chi connectivity index (χ1) is 13.2. The monoisotopic (exact) mass is 381 g/mol. The highest BCUT2D eigenvalue weighted by molar-refractivity contribution is 7.22. The van der Waals surface area contributed by atoms with E-state index in [0.29, 0.717) is 23.8 Å². The number of carbonyl (C=O) groups excluding carboxylic acids is 2. The van der Waals surface area contributed by atoms with Gasteiger partial charge in [-0.1, -0.05) is 41.7 Å². The number of aromatic nitrogens is 1. The van der Waals surface area contributed by atoms with Crippen LogP contribution in [0.2, 0.25) is 0 Å². The predicted molar refractivity (Wildman–Crippen MR) is 105 cm³/mol. The summed E-state index contributed by atoms with van der Waals surface area (Å²) in [5.74, 6) is 0.475. The Hall–Kier alpha value is -2.93. The highest BCUT2D eigenvalue weighted by Gasteiger charge is 2.27. The molecule has 1 aromatic heterocycles. The van der Waals surface area contributed by atoms with Gasteiger partial charge in [0.15, 0.2) is 11.7 Å². The van der Waals surface area contributed by atoms with Crippen molar-refractivity contribution in [1.29, 1.82) is 0 Å². The number of thiazole rings is 1. The number of carbonyl (C=O) groups is 2. The van der Waals surface area contributed by atoms with E-state index in [1.54, 1.807) is 21.9 Å². The molecule has 0 unspecified atom stereocenters. The fourth-order valence-electron chi connectivity index (χ4n) is 2.99. The quantitative estimate of drug-likeness (QED) is 0.657. The van der Waals surface area contributed by atoms with Crippen molar-refractivity contribution in [3.63, 3.8) is 0 Å². The van der Waals surface area contributed by atoms with E-state index in [1.807, 2.05) is 42.5 Å². The molecule has 0 radical (unpaired) electrons. The third-order valence-corrected chi connectivity index (χ3v) is 5.46. The zero-order chi connectivity index (χ0) is 18.6. The lowest BCUT2D eigenvalue weighted by Crippen LogP contribution is -2.44. The van der Waals surface area contributed by atoms with E-state index in [9.17, 15) is 9.59 Å². The van der Waals surface area contributed by atoms with Crippen LogP contribution in [0.3, 0.4) is 0 Å². The number of ether oxygens (including phenoxy) is 1. The lowest BCUT2D eigenvalue weighted by molar-refractivity contribution is -0.128. The minimum Gasteiger partial charge on any atom is -0.484 e. The van der Waals surface area contributed by atoms with E-state index in [0.717, 1.165) is 16.6 Å². The standard InChI is InChI=1S/C20H19N3O3S/c24-18-11-6-12-22(18)14-23(19(25)13-26-15-7-2-1-3-8-15)20-21-16-9-4-5-10-17(16)27-20/h1-5,7-10H,6,11-14H2. The number of amides is 2. The number of anilines is 1. The number of rotatable bonds is 6. The van der Waals surface area contributed by atoms with E-state index < -0.39 is 0 Å². The van der Waals surface area contributed by atoms with E-state index in [-0.39, 0.29) is 25.1 Å². The SMILES string of the molecule is O=C1CCCN1CN(C(=O)COc1ccccc1)c1nc2ccccc2s1. The van der Waals surface area contributed by atoms with Crippen molar-refractivity contribution in [2.45, 2.75) is 12.8 Å². The number of benzene rings is 2. The molecule has 2 heterocycles. The maximum atomic E-state index is 12.9. The summed E-state index contributed by atoms with van der Waals surface area (Å²) in [7, 11) is 0. The van der Waals surface area contributed by atoms with Crippen LogP contribution in [0.1, 0.15) is 12.8 Å². The molecule has 0 aliphatic carbocycles. The topological polar surface area (TPSA) is 62.7 Å². The molecule has 0 bridgehead atoms. The van der Waals surface area contributed by atoms with Crippen molar-refractivity contribution >= 4 is 38.5 Å². The lowest BCUT2D eigenvalue weighted by Gasteiger charge is -2.25. The summed E-state index contributed by atoms with van der Waals surface area (Å²) in [4.78, 5) is 32.8. The van der Waals surface area contributed by atoms with Crippen molar-refractivity contribution < 1.29 is 14.3 Å². The Kier molecular flexibility index (Phi) is 5.02. The van der Waals surface area contributed by atoms with E-state index in [2.05, 4.69) is 4.98 Å². The Labute approximate surface area is 161 Å². The molecule has 0 saturated carbocycles. The Balaban J connectivity index is 1.56. The van der Waals surface area contributed by atoms with E-state index in [1.165, 1.54) is 11.3 Å². The summed E-state index contributed by atoms with van der Waals surface area (Å²) < 4.78 is 6.62. The van der Waals surface area contributed by atoms with Crippen LogP contribution in [0.15, 0.2) is 54.6 Å². The minimum absolute atomic E-state index is 0.0675. The molecule has 7 heteroatoms. The molecule has 1 aliphatic heterocycles. The molecule has 1 aliphatic rings. The van der Waals surface area contributed by atoms with Crippen LogP contribution in [-0.4, -0.2) is 41.5 Å². The van der Waals surface area contributed by atoms with Gasteiger partial charge in [-0.25, -0.2) is 4.98 Å². The van der Waals surface area contributed by atoms with Crippen LogP contribution in [0.5, 0.6) is 5.75 Å². The average Bonchev–Trinajstić information content (AvgIpc) is 3.30. The first-order valence-electron chi connectivity index (χ1n) is 8.82. The molecule has 3 aromatic rings. The van der Waals surface area contributed by atoms with Crippen LogP contribution < -0.4 is 9.64 Å². The molecule has 0 N–H and O–H groups in total. The summed E-state index contributed by atoms with van der Waals surface area (Å²) >= 11 is 1.44. The first kappa shape index (κ1) is 17.5.